The maximum Gasteiger partial charge on any atom is 0.274 e. The largest absolute Gasteiger partial charge is 0.311 e. The minimum atomic E-state index is -0.223. The van der Waals surface area contributed by atoms with Crippen molar-refractivity contribution in [2.45, 2.75) is 19.0 Å². The Kier molecular flexibility index (Phi) is 4.87. The smallest absolute Gasteiger partial charge is 0.274 e. The van der Waals surface area contributed by atoms with Crippen molar-refractivity contribution in [2.75, 3.05) is 17.2 Å². The number of nitrogens with zero attached hydrogens (tertiary/aromatic N) is 4. The van der Waals surface area contributed by atoms with Crippen LogP contribution in [0, 0.1) is 6.92 Å². The van der Waals surface area contributed by atoms with Gasteiger partial charge in [0.1, 0.15) is 0 Å². The molecule has 1 N–H and O–H groups in total. The summed E-state index contributed by atoms with van der Waals surface area (Å²) in [5.74, 6) is 0.479. The highest BCUT2D eigenvalue weighted by Gasteiger charge is 2.17. The molecule has 2 aromatic carbocycles. The number of carbonyl (C=O) groups is 1. The third-order valence-corrected chi connectivity index (χ3v) is 5.29. The lowest BCUT2D eigenvalue weighted by molar-refractivity contribution is -0.116. The molecule has 0 spiro atoms. The van der Waals surface area contributed by atoms with Crippen LogP contribution in [0.15, 0.2) is 58.5 Å². The van der Waals surface area contributed by atoms with Gasteiger partial charge in [0, 0.05) is 23.7 Å². The van der Waals surface area contributed by atoms with E-state index in [0.29, 0.717) is 23.2 Å². The Labute approximate surface area is 165 Å². The fourth-order valence-electron chi connectivity index (χ4n) is 3.17. The molecule has 0 radical (unpaired) electrons. The van der Waals surface area contributed by atoms with E-state index < -0.39 is 0 Å². The van der Waals surface area contributed by atoms with Gasteiger partial charge in [0.25, 0.3) is 11.3 Å². The third kappa shape index (κ3) is 3.38. The first kappa shape index (κ1) is 18.2. The quantitative estimate of drug-likeness (QED) is 0.527. The lowest BCUT2D eigenvalue weighted by Crippen LogP contribution is -2.32. The Bertz CT molecular complexity index is 1220. The molecule has 4 rings (SSSR count). The maximum absolute atomic E-state index is 12.9. The molecule has 142 valence electrons. The predicted molar refractivity (Wildman–Crippen MR) is 111 cm³/mol. The van der Waals surface area contributed by atoms with Crippen LogP contribution in [0.3, 0.4) is 0 Å². The van der Waals surface area contributed by atoms with Crippen molar-refractivity contribution in [1.29, 1.82) is 0 Å². The van der Waals surface area contributed by atoms with E-state index in [-0.39, 0.29) is 17.2 Å². The SMILES string of the molecule is CCN(C(=O)CSc1nc2nc(C)cc(=O)n2[nH]1)c1cccc2ccccc12. The van der Waals surface area contributed by atoms with E-state index in [1.807, 2.05) is 49.4 Å². The molecule has 0 unspecified atom stereocenters. The average Bonchev–Trinajstić information content (AvgIpc) is 3.10. The molecular formula is C20H19N5O2S. The van der Waals surface area contributed by atoms with Crippen LogP contribution in [0.25, 0.3) is 16.6 Å². The molecule has 0 atom stereocenters. The molecule has 0 bridgehead atoms. The van der Waals surface area contributed by atoms with Crippen molar-refractivity contribution in [1.82, 2.24) is 19.6 Å². The van der Waals surface area contributed by atoms with E-state index >= 15 is 0 Å². The number of anilines is 1. The summed E-state index contributed by atoms with van der Waals surface area (Å²) in [6.07, 6.45) is 0. The van der Waals surface area contributed by atoms with Gasteiger partial charge in [0.05, 0.1) is 11.4 Å². The first-order valence-electron chi connectivity index (χ1n) is 8.94. The second-order valence-corrected chi connectivity index (χ2v) is 7.29. The van der Waals surface area contributed by atoms with Crippen LogP contribution in [0.1, 0.15) is 12.6 Å². The number of benzene rings is 2. The fourth-order valence-corrected chi connectivity index (χ4v) is 3.89. The zero-order valence-electron chi connectivity index (χ0n) is 15.5. The summed E-state index contributed by atoms with van der Waals surface area (Å²) >= 11 is 1.25. The Morgan fingerprint density at radius 3 is 2.79 bits per heavy atom. The van der Waals surface area contributed by atoms with Crippen LogP contribution in [0.4, 0.5) is 5.69 Å². The summed E-state index contributed by atoms with van der Waals surface area (Å²) in [6, 6.07) is 15.4. The first-order chi connectivity index (χ1) is 13.6. The Morgan fingerprint density at radius 2 is 1.96 bits per heavy atom. The standard InChI is InChI=1S/C20H19N5O2S/c1-3-24(16-10-6-8-14-7-4-5-9-15(14)16)18(27)12-28-20-22-19-21-13(2)11-17(26)25(19)23-20/h4-11H,3,12H2,1-2H3,(H,21,22,23). The van der Waals surface area contributed by atoms with Gasteiger partial charge in [-0.1, -0.05) is 48.2 Å². The molecule has 8 heteroatoms. The van der Waals surface area contributed by atoms with Gasteiger partial charge in [0.15, 0.2) is 5.16 Å². The number of aryl methyl sites for hydroxylation is 1. The van der Waals surface area contributed by atoms with Gasteiger partial charge in [-0.3, -0.25) is 14.7 Å². The van der Waals surface area contributed by atoms with Crippen molar-refractivity contribution < 1.29 is 4.79 Å². The lowest BCUT2D eigenvalue weighted by Gasteiger charge is -2.22. The molecule has 1 amide bonds. The number of fused-ring (bicyclic) bond motifs is 2. The van der Waals surface area contributed by atoms with Crippen molar-refractivity contribution >= 4 is 39.9 Å². The monoisotopic (exact) mass is 393 g/mol. The molecule has 0 saturated heterocycles. The Balaban J connectivity index is 1.57. The maximum atomic E-state index is 12.9. The highest BCUT2D eigenvalue weighted by molar-refractivity contribution is 7.99. The minimum absolute atomic E-state index is 0.0270. The number of aromatic amines is 1. The zero-order chi connectivity index (χ0) is 19.7. The normalized spacial score (nSPS) is 11.2. The predicted octanol–water partition coefficient (Wildman–Crippen LogP) is 3.02. The van der Waals surface area contributed by atoms with E-state index in [9.17, 15) is 9.59 Å². The fraction of sp³-hybridized carbons (Fsp3) is 0.200. The number of amides is 1. The van der Waals surface area contributed by atoms with Crippen LogP contribution in [-0.4, -0.2) is 37.8 Å². The zero-order valence-corrected chi connectivity index (χ0v) is 16.4. The molecule has 4 aromatic rings. The first-order valence-corrected chi connectivity index (χ1v) is 9.92. The number of hydrogen-bond acceptors (Lipinski definition) is 5. The summed E-state index contributed by atoms with van der Waals surface area (Å²) in [4.78, 5) is 35.2. The van der Waals surface area contributed by atoms with E-state index in [1.165, 1.54) is 22.3 Å². The molecule has 0 saturated carbocycles. The number of rotatable bonds is 5. The van der Waals surface area contributed by atoms with E-state index in [0.717, 1.165) is 16.5 Å². The summed E-state index contributed by atoms with van der Waals surface area (Å²) in [5.41, 5.74) is 1.28. The lowest BCUT2D eigenvalue weighted by atomic mass is 10.1. The number of nitrogens with one attached hydrogen (secondary N) is 1. The van der Waals surface area contributed by atoms with Gasteiger partial charge in [-0.25, -0.2) is 4.98 Å². The van der Waals surface area contributed by atoms with E-state index in [1.54, 1.807) is 11.8 Å². The second-order valence-electron chi connectivity index (χ2n) is 6.32. The molecule has 0 aliphatic carbocycles. The van der Waals surface area contributed by atoms with Gasteiger partial charge in [0.2, 0.25) is 5.91 Å². The van der Waals surface area contributed by atoms with Gasteiger partial charge in [-0.15, -0.1) is 0 Å². The summed E-state index contributed by atoms with van der Waals surface area (Å²) in [6.45, 7) is 4.27. The molecule has 0 aliphatic heterocycles. The van der Waals surface area contributed by atoms with Crippen molar-refractivity contribution in [3.05, 3.63) is 64.6 Å². The molecule has 28 heavy (non-hydrogen) atoms. The summed E-state index contributed by atoms with van der Waals surface area (Å²) in [5, 5.41) is 5.52. The molecule has 0 fully saturated rings. The Morgan fingerprint density at radius 1 is 1.18 bits per heavy atom. The third-order valence-electron chi connectivity index (χ3n) is 4.45. The number of hydrogen-bond donors (Lipinski definition) is 1. The van der Waals surface area contributed by atoms with Crippen molar-refractivity contribution in [3.8, 4) is 0 Å². The number of thioether (sulfide) groups is 1. The van der Waals surface area contributed by atoms with Crippen LogP contribution in [0.2, 0.25) is 0 Å². The molecule has 7 nitrogen and oxygen atoms in total. The Hall–Kier alpha value is -3.13. The average molecular weight is 393 g/mol. The minimum Gasteiger partial charge on any atom is -0.311 e. The molecule has 2 heterocycles. The molecule has 2 aromatic heterocycles. The van der Waals surface area contributed by atoms with E-state index in [2.05, 4.69) is 15.1 Å². The highest BCUT2D eigenvalue weighted by atomic mass is 32.2. The topological polar surface area (TPSA) is 83.4 Å². The number of carbonyl (C=O) groups excluding carboxylic acids is 1. The van der Waals surface area contributed by atoms with Gasteiger partial charge < -0.3 is 4.90 Å². The summed E-state index contributed by atoms with van der Waals surface area (Å²) < 4.78 is 1.28. The van der Waals surface area contributed by atoms with E-state index in [4.69, 9.17) is 0 Å². The van der Waals surface area contributed by atoms with Gasteiger partial charge in [-0.05, 0) is 25.3 Å². The highest BCUT2D eigenvalue weighted by Crippen LogP contribution is 2.27. The van der Waals surface area contributed by atoms with Crippen molar-refractivity contribution in [2.24, 2.45) is 0 Å². The second kappa shape index (κ2) is 7.47. The van der Waals surface area contributed by atoms with Gasteiger partial charge in [-0.2, -0.15) is 9.50 Å². The molecular weight excluding hydrogens is 374 g/mol. The number of aromatic nitrogens is 4. The van der Waals surface area contributed by atoms with Crippen molar-refractivity contribution in [3.63, 3.8) is 0 Å². The van der Waals surface area contributed by atoms with Crippen LogP contribution in [-0.2, 0) is 4.79 Å². The number of H-pyrrole nitrogens is 1. The van der Waals surface area contributed by atoms with Gasteiger partial charge >= 0.3 is 0 Å². The van der Waals surface area contributed by atoms with Crippen LogP contribution >= 0.6 is 11.8 Å². The van der Waals surface area contributed by atoms with Crippen LogP contribution < -0.4 is 10.5 Å². The summed E-state index contributed by atoms with van der Waals surface area (Å²) in [7, 11) is 0. The van der Waals surface area contributed by atoms with Crippen LogP contribution in [0.5, 0.6) is 0 Å². The molecule has 0 aliphatic rings.